The maximum Gasteiger partial charge on any atom is 1.00 e. The number of nitrogens with zero attached hydrogens (tertiary/aromatic N) is 2. The van der Waals surface area contributed by atoms with Gasteiger partial charge in [0.1, 0.15) is 12.2 Å². The van der Waals surface area contributed by atoms with Crippen LogP contribution in [0.25, 0.3) is 10.9 Å². The van der Waals surface area contributed by atoms with Crippen molar-refractivity contribution in [2.45, 2.75) is 32.9 Å². The Kier molecular flexibility index (Phi) is 6.68. The molecule has 1 aromatic heterocycles. The second-order valence-electron chi connectivity index (χ2n) is 5.09. The number of aromatic carboxylic acids is 1. The molecule has 0 aliphatic carbocycles. The Labute approximate surface area is 157 Å². The second-order valence-corrected chi connectivity index (χ2v) is 5.09. The first-order valence-electron chi connectivity index (χ1n) is 6.63. The SMILES string of the molecule is COCn1nc2c(C(=O)[O-])cc(C(F)(F)F)cc2c1OC(C)C.[Na+]. The molecule has 1 heterocycles. The van der Waals surface area contributed by atoms with Crippen molar-refractivity contribution in [1.29, 1.82) is 0 Å². The van der Waals surface area contributed by atoms with E-state index in [2.05, 4.69) is 5.10 Å². The number of carboxylic acids is 1. The van der Waals surface area contributed by atoms with Crippen molar-refractivity contribution in [3.63, 3.8) is 0 Å². The first-order valence-corrected chi connectivity index (χ1v) is 6.63. The first kappa shape index (κ1) is 20.8. The summed E-state index contributed by atoms with van der Waals surface area (Å²) in [4.78, 5) is 11.2. The maximum atomic E-state index is 13.0. The van der Waals surface area contributed by atoms with E-state index in [-0.39, 0.29) is 59.2 Å². The number of carbonyl (C=O) groups excluding carboxylic acids is 1. The fraction of sp³-hybridized carbons (Fsp3) is 0.429. The summed E-state index contributed by atoms with van der Waals surface area (Å²) in [6, 6.07) is 1.31. The Morgan fingerprint density at radius 2 is 2.00 bits per heavy atom. The Morgan fingerprint density at radius 3 is 2.46 bits per heavy atom. The molecule has 0 unspecified atom stereocenters. The standard InChI is InChI=1S/C14H15F3N2O4.Na/c1-7(2)23-12-9-4-8(14(15,16)17)5-10(13(20)21)11(9)18-19(12)6-22-3;/h4-5,7H,6H2,1-3H3,(H,20,21);/q;+1/p-1. The number of hydrogen-bond acceptors (Lipinski definition) is 5. The van der Waals surface area contributed by atoms with Crippen LogP contribution in [0.2, 0.25) is 0 Å². The Bertz CT molecular complexity index is 744. The summed E-state index contributed by atoms with van der Waals surface area (Å²) in [5, 5.41) is 15.1. The van der Waals surface area contributed by atoms with Crippen molar-refractivity contribution >= 4 is 16.9 Å². The van der Waals surface area contributed by atoms with Crippen LogP contribution in [-0.2, 0) is 17.6 Å². The van der Waals surface area contributed by atoms with Gasteiger partial charge < -0.3 is 19.4 Å². The Balaban J connectivity index is 0.00000288. The van der Waals surface area contributed by atoms with Crippen molar-refractivity contribution in [2.24, 2.45) is 0 Å². The molecule has 0 saturated heterocycles. The van der Waals surface area contributed by atoms with E-state index in [0.717, 1.165) is 10.7 Å². The molecule has 2 rings (SSSR count). The van der Waals surface area contributed by atoms with Gasteiger partial charge in [0.2, 0.25) is 5.88 Å². The number of fused-ring (bicyclic) bond motifs is 1. The van der Waals surface area contributed by atoms with Crippen LogP contribution < -0.4 is 39.4 Å². The number of halogens is 3. The molecule has 0 N–H and O–H groups in total. The molecule has 0 radical (unpaired) electrons. The maximum absolute atomic E-state index is 13.0. The van der Waals surface area contributed by atoms with Crippen molar-refractivity contribution in [3.8, 4) is 5.88 Å². The zero-order chi connectivity index (χ0) is 17.4. The van der Waals surface area contributed by atoms with Gasteiger partial charge in [0.25, 0.3) is 0 Å². The summed E-state index contributed by atoms with van der Waals surface area (Å²) < 4.78 is 50.6. The molecule has 2 aromatic rings. The smallest absolute Gasteiger partial charge is 0.545 e. The molecular formula is C14H14F3N2NaO4. The van der Waals surface area contributed by atoms with Crippen LogP contribution in [-0.4, -0.2) is 29.0 Å². The molecule has 0 aliphatic rings. The predicted molar refractivity (Wildman–Crippen MR) is 71.8 cm³/mol. The van der Waals surface area contributed by atoms with Crippen molar-refractivity contribution < 1.29 is 62.1 Å². The number of carbonyl (C=O) groups is 1. The minimum atomic E-state index is -4.71. The molecule has 6 nitrogen and oxygen atoms in total. The van der Waals surface area contributed by atoms with E-state index in [0.29, 0.717) is 6.07 Å². The van der Waals surface area contributed by atoms with Gasteiger partial charge in [0.05, 0.1) is 23.0 Å². The molecule has 0 saturated carbocycles. The molecule has 1 aromatic carbocycles. The summed E-state index contributed by atoms with van der Waals surface area (Å²) in [6.45, 7) is 3.26. The molecule has 10 heteroatoms. The van der Waals surface area contributed by atoms with Gasteiger partial charge in [-0.05, 0) is 26.0 Å². The normalized spacial score (nSPS) is 11.6. The number of ether oxygens (including phenoxy) is 2. The topological polar surface area (TPSA) is 76.4 Å². The zero-order valence-electron chi connectivity index (χ0n) is 13.6. The number of benzene rings is 1. The second kappa shape index (κ2) is 7.73. The summed E-state index contributed by atoms with van der Waals surface area (Å²) in [7, 11) is 1.37. The van der Waals surface area contributed by atoms with Gasteiger partial charge in [-0.1, -0.05) is 0 Å². The zero-order valence-corrected chi connectivity index (χ0v) is 15.6. The number of carboxylic acid groups (broad SMARTS) is 1. The van der Waals surface area contributed by atoms with E-state index in [1.807, 2.05) is 0 Å². The van der Waals surface area contributed by atoms with E-state index in [1.54, 1.807) is 13.8 Å². The monoisotopic (exact) mass is 354 g/mol. The quantitative estimate of drug-likeness (QED) is 0.632. The van der Waals surface area contributed by atoms with Crippen LogP contribution in [0, 0.1) is 0 Å². The number of alkyl halides is 3. The number of methoxy groups -OCH3 is 1. The number of aromatic nitrogens is 2. The third kappa shape index (κ3) is 4.21. The van der Waals surface area contributed by atoms with E-state index in [4.69, 9.17) is 9.47 Å². The van der Waals surface area contributed by atoms with E-state index < -0.39 is 23.3 Å². The van der Waals surface area contributed by atoms with E-state index >= 15 is 0 Å². The predicted octanol–water partition coefficient (Wildman–Crippen LogP) is -1.19. The van der Waals surface area contributed by atoms with Gasteiger partial charge >= 0.3 is 35.7 Å². The molecule has 0 atom stereocenters. The summed E-state index contributed by atoms with van der Waals surface area (Å²) in [5.41, 5.74) is -1.92. The first-order chi connectivity index (χ1) is 10.6. The van der Waals surface area contributed by atoms with Crippen molar-refractivity contribution in [3.05, 3.63) is 23.3 Å². The molecule has 0 fully saturated rings. The third-order valence-corrected chi connectivity index (χ3v) is 2.94. The average Bonchev–Trinajstić information content (AvgIpc) is 2.74. The van der Waals surface area contributed by atoms with Crippen LogP contribution >= 0.6 is 0 Å². The molecule has 0 bridgehead atoms. The summed E-state index contributed by atoms with van der Waals surface area (Å²) >= 11 is 0. The fourth-order valence-electron chi connectivity index (χ4n) is 2.09. The van der Waals surface area contributed by atoms with Gasteiger partial charge in [0, 0.05) is 12.7 Å². The van der Waals surface area contributed by atoms with Gasteiger partial charge in [0.15, 0.2) is 0 Å². The van der Waals surface area contributed by atoms with Crippen LogP contribution in [0.3, 0.4) is 0 Å². The molecule has 0 amide bonds. The average molecular weight is 354 g/mol. The minimum Gasteiger partial charge on any atom is -0.545 e. The Hall–Kier alpha value is -1.29. The van der Waals surface area contributed by atoms with Gasteiger partial charge in [-0.2, -0.15) is 18.3 Å². The van der Waals surface area contributed by atoms with Crippen LogP contribution in [0.15, 0.2) is 12.1 Å². The molecule has 0 spiro atoms. The van der Waals surface area contributed by atoms with Crippen LogP contribution in [0.4, 0.5) is 13.2 Å². The van der Waals surface area contributed by atoms with E-state index in [9.17, 15) is 23.1 Å². The van der Waals surface area contributed by atoms with Gasteiger partial charge in [-0.15, -0.1) is 0 Å². The Morgan fingerprint density at radius 1 is 1.38 bits per heavy atom. The molecule has 24 heavy (non-hydrogen) atoms. The fourth-order valence-corrected chi connectivity index (χ4v) is 2.09. The molecule has 126 valence electrons. The van der Waals surface area contributed by atoms with Crippen LogP contribution in [0.1, 0.15) is 29.8 Å². The summed E-state index contributed by atoms with van der Waals surface area (Å²) in [5.74, 6) is -1.75. The van der Waals surface area contributed by atoms with Crippen molar-refractivity contribution in [2.75, 3.05) is 7.11 Å². The van der Waals surface area contributed by atoms with Gasteiger partial charge in [-0.3, -0.25) is 0 Å². The third-order valence-electron chi connectivity index (χ3n) is 2.94. The minimum absolute atomic E-state index is 0. The van der Waals surface area contributed by atoms with Gasteiger partial charge in [-0.25, -0.2) is 4.68 Å². The van der Waals surface area contributed by atoms with Crippen LogP contribution in [0.5, 0.6) is 5.88 Å². The largest absolute Gasteiger partial charge is 1.00 e. The van der Waals surface area contributed by atoms with Crippen molar-refractivity contribution in [1.82, 2.24) is 9.78 Å². The molecule has 0 aliphatic heterocycles. The number of hydrogen-bond donors (Lipinski definition) is 0. The van der Waals surface area contributed by atoms with E-state index in [1.165, 1.54) is 7.11 Å². The summed E-state index contributed by atoms with van der Waals surface area (Å²) in [6.07, 6.45) is -5.07. The number of rotatable bonds is 5. The molecular weight excluding hydrogens is 340 g/mol.